The third-order valence-electron chi connectivity index (χ3n) is 6.29. The number of rotatable bonds is 7. The van der Waals surface area contributed by atoms with Crippen molar-refractivity contribution in [2.24, 2.45) is 0 Å². The predicted octanol–water partition coefficient (Wildman–Crippen LogP) is 4.73. The zero-order valence-corrected chi connectivity index (χ0v) is 19.6. The van der Waals surface area contributed by atoms with E-state index in [0.717, 1.165) is 18.2 Å². The van der Waals surface area contributed by atoms with Crippen molar-refractivity contribution in [1.29, 1.82) is 0 Å². The van der Waals surface area contributed by atoms with E-state index in [4.69, 9.17) is 9.47 Å². The fourth-order valence-electron chi connectivity index (χ4n) is 4.49. The first-order valence-electron chi connectivity index (χ1n) is 11.2. The summed E-state index contributed by atoms with van der Waals surface area (Å²) in [5, 5.41) is 14.4. The van der Waals surface area contributed by atoms with Gasteiger partial charge >= 0.3 is 0 Å². The number of anilines is 3. The molecule has 0 fully saturated rings. The summed E-state index contributed by atoms with van der Waals surface area (Å²) in [6, 6.07) is 9.76. The van der Waals surface area contributed by atoms with Crippen LogP contribution in [-0.4, -0.2) is 42.1 Å². The number of benzene rings is 3. The van der Waals surface area contributed by atoms with E-state index < -0.39 is 23.7 Å². The summed E-state index contributed by atoms with van der Waals surface area (Å²) in [6.45, 7) is 0.335. The lowest BCUT2D eigenvalue weighted by Gasteiger charge is -2.26. The van der Waals surface area contributed by atoms with E-state index in [9.17, 15) is 13.9 Å². The molecule has 1 aliphatic heterocycles. The fraction of sp³-hybridized carbons (Fsp3) is 0.231. The van der Waals surface area contributed by atoms with Gasteiger partial charge in [-0.15, -0.1) is 0 Å². The van der Waals surface area contributed by atoms with Gasteiger partial charge in [-0.2, -0.15) is 0 Å². The third-order valence-corrected chi connectivity index (χ3v) is 6.29. The molecule has 0 spiro atoms. The average Bonchev–Trinajstić information content (AvgIpc) is 3.32. The maximum absolute atomic E-state index is 15.5. The molecule has 0 aliphatic carbocycles. The molecule has 4 aromatic rings. The molecule has 0 saturated carbocycles. The Morgan fingerprint density at radius 2 is 1.81 bits per heavy atom. The average molecular weight is 496 g/mol. The van der Waals surface area contributed by atoms with E-state index in [0.29, 0.717) is 52.4 Å². The Morgan fingerprint density at radius 1 is 1.03 bits per heavy atom. The summed E-state index contributed by atoms with van der Waals surface area (Å²) in [6.07, 6.45) is 0.428. The van der Waals surface area contributed by atoms with Gasteiger partial charge in [0.2, 0.25) is 0 Å². The molecule has 0 saturated heterocycles. The Balaban J connectivity index is 1.43. The minimum Gasteiger partial charge on any atom is -0.493 e. The maximum atomic E-state index is 15.5. The number of aliphatic hydroxyl groups excluding tert-OH is 1. The van der Waals surface area contributed by atoms with Crippen LogP contribution in [0.25, 0.3) is 10.9 Å². The molecule has 1 atom stereocenters. The molecule has 0 amide bonds. The summed E-state index contributed by atoms with van der Waals surface area (Å²) >= 11 is 0. The van der Waals surface area contributed by atoms with E-state index >= 15 is 4.39 Å². The first-order valence-corrected chi connectivity index (χ1v) is 11.2. The molecule has 7 nitrogen and oxygen atoms in total. The number of fused-ring (bicyclic) bond motifs is 2. The second kappa shape index (κ2) is 9.54. The highest BCUT2D eigenvalue weighted by Crippen LogP contribution is 2.38. The van der Waals surface area contributed by atoms with Crippen molar-refractivity contribution in [2.75, 3.05) is 31.0 Å². The molecule has 2 N–H and O–H groups in total. The molecule has 1 unspecified atom stereocenters. The van der Waals surface area contributed by atoms with Crippen LogP contribution in [0.1, 0.15) is 11.1 Å². The summed E-state index contributed by atoms with van der Waals surface area (Å²) in [5.74, 6) is -0.295. The highest BCUT2D eigenvalue weighted by atomic mass is 19.1. The first-order chi connectivity index (χ1) is 17.4. The molecule has 3 aromatic carbocycles. The lowest BCUT2D eigenvalue weighted by Crippen LogP contribution is -2.35. The summed E-state index contributed by atoms with van der Waals surface area (Å²) in [4.78, 5) is 10.1. The highest BCUT2D eigenvalue weighted by Gasteiger charge is 2.29. The van der Waals surface area contributed by atoms with Gasteiger partial charge in [0.1, 0.15) is 30.0 Å². The van der Waals surface area contributed by atoms with E-state index in [1.165, 1.54) is 20.5 Å². The number of aliphatic hydroxyl groups is 1. The molecule has 36 heavy (non-hydrogen) atoms. The van der Waals surface area contributed by atoms with Gasteiger partial charge in [0.15, 0.2) is 17.3 Å². The number of hydrogen-bond acceptors (Lipinski definition) is 7. The molecule has 1 aromatic heterocycles. The van der Waals surface area contributed by atoms with Crippen LogP contribution in [0.5, 0.6) is 11.5 Å². The van der Waals surface area contributed by atoms with Crippen LogP contribution in [0.15, 0.2) is 48.8 Å². The second-order valence-corrected chi connectivity index (χ2v) is 8.36. The van der Waals surface area contributed by atoms with Crippen molar-refractivity contribution >= 4 is 28.1 Å². The van der Waals surface area contributed by atoms with Crippen molar-refractivity contribution in [1.82, 2.24) is 9.97 Å². The number of methoxy groups -OCH3 is 2. The van der Waals surface area contributed by atoms with Crippen LogP contribution >= 0.6 is 0 Å². The molecule has 1 aliphatic rings. The van der Waals surface area contributed by atoms with Crippen LogP contribution in [-0.2, 0) is 12.8 Å². The highest BCUT2D eigenvalue weighted by molar-refractivity contribution is 5.93. The summed E-state index contributed by atoms with van der Waals surface area (Å²) in [5.41, 5.74) is 1.76. The number of nitrogens with one attached hydrogen (secondary N) is 1. The Bertz CT molecular complexity index is 1450. The van der Waals surface area contributed by atoms with E-state index in [-0.39, 0.29) is 17.7 Å². The standard InChI is InChI=1S/C26H23F3N4O3/c1-35-22-11-17-20(12-23(22)36-2)30-13-31-26(17)32-19-5-6-21-16(25(19)29)7-8-33(21)24(34)10-14-9-15(27)3-4-18(14)28/h3-6,9,11-13,24,34H,7-8,10H2,1-2H3,(H,30,31,32). The number of ether oxygens (including phenoxy) is 2. The van der Waals surface area contributed by atoms with E-state index in [1.807, 2.05) is 0 Å². The zero-order chi connectivity index (χ0) is 25.4. The van der Waals surface area contributed by atoms with Gasteiger partial charge in [-0.1, -0.05) is 0 Å². The van der Waals surface area contributed by atoms with Gasteiger partial charge in [-0.3, -0.25) is 0 Å². The predicted molar refractivity (Wildman–Crippen MR) is 129 cm³/mol. The summed E-state index contributed by atoms with van der Waals surface area (Å²) < 4.78 is 53.8. The normalized spacial score (nSPS) is 13.6. The second-order valence-electron chi connectivity index (χ2n) is 8.36. The van der Waals surface area contributed by atoms with Crippen LogP contribution in [0.3, 0.4) is 0 Å². The van der Waals surface area contributed by atoms with Crippen molar-refractivity contribution < 1.29 is 27.8 Å². The smallest absolute Gasteiger partial charge is 0.162 e. The number of nitrogens with zero attached hydrogens (tertiary/aromatic N) is 3. The van der Waals surface area contributed by atoms with Crippen LogP contribution in [0.4, 0.5) is 30.4 Å². The quantitative estimate of drug-likeness (QED) is 0.383. The largest absolute Gasteiger partial charge is 0.493 e. The molecule has 186 valence electrons. The van der Waals surface area contributed by atoms with Crippen LogP contribution < -0.4 is 19.7 Å². The minimum atomic E-state index is -1.14. The Labute approximate surface area is 205 Å². The monoisotopic (exact) mass is 496 g/mol. The number of hydrogen-bond donors (Lipinski definition) is 2. The molecular weight excluding hydrogens is 473 g/mol. The molecule has 5 rings (SSSR count). The number of halogens is 3. The van der Waals surface area contributed by atoms with E-state index in [2.05, 4.69) is 15.3 Å². The van der Waals surface area contributed by atoms with Gasteiger partial charge in [-0.05, 0) is 48.4 Å². The van der Waals surface area contributed by atoms with Gasteiger partial charge in [0.05, 0.1) is 25.4 Å². The lowest BCUT2D eigenvalue weighted by molar-refractivity contribution is 0.170. The SMILES string of the molecule is COc1cc2ncnc(Nc3ccc4c(c3F)CCN4C(O)Cc3cc(F)ccc3F)c2cc1OC. The zero-order valence-electron chi connectivity index (χ0n) is 19.6. The number of aromatic nitrogens is 2. The Morgan fingerprint density at radius 3 is 2.58 bits per heavy atom. The van der Waals surface area contributed by atoms with Crippen molar-refractivity contribution in [2.45, 2.75) is 19.1 Å². The fourth-order valence-corrected chi connectivity index (χ4v) is 4.49. The van der Waals surface area contributed by atoms with Gasteiger partial charge in [0, 0.05) is 35.7 Å². The van der Waals surface area contributed by atoms with Crippen molar-refractivity contribution in [3.05, 3.63) is 77.4 Å². The minimum absolute atomic E-state index is 0.0532. The van der Waals surface area contributed by atoms with Crippen LogP contribution in [0.2, 0.25) is 0 Å². The van der Waals surface area contributed by atoms with Gasteiger partial charge in [-0.25, -0.2) is 23.1 Å². The Kier molecular flexibility index (Phi) is 6.27. The lowest BCUT2D eigenvalue weighted by atomic mass is 10.1. The van der Waals surface area contributed by atoms with Crippen molar-refractivity contribution in [3.8, 4) is 11.5 Å². The Hall–Kier alpha value is -4.05. The molecule has 10 heteroatoms. The maximum Gasteiger partial charge on any atom is 0.162 e. The molecule has 0 radical (unpaired) electrons. The van der Waals surface area contributed by atoms with Crippen LogP contribution in [0, 0.1) is 17.5 Å². The topological polar surface area (TPSA) is 79.7 Å². The molecule has 2 heterocycles. The summed E-state index contributed by atoms with van der Waals surface area (Å²) in [7, 11) is 3.04. The molecular formula is C26H23F3N4O3. The van der Waals surface area contributed by atoms with E-state index in [1.54, 1.807) is 29.2 Å². The van der Waals surface area contributed by atoms with Crippen molar-refractivity contribution in [3.63, 3.8) is 0 Å². The first kappa shape index (κ1) is 23.7. The molecule has 0 bridgehead atoms. The van der Waals surface area contributed by atoms with Gasteiger partial charge in [0.25, 0.3) is 0 Å². The van der Waals surface area contributed by atoms with Gasteiger partial charge < -0.3 is 24.8 Å². The third kappa shape index (κ3) is 4.24.